The molecule has 2 rings (SSSR count). The van der Waals surface area contributed by atoms with Gasteiger partial charge in [0.25, 0.3) is 0 Å². The quantitative estimate of drug-likeness (QED) is 0.691. The predicted octanol–water partition coefficient (Wildman–Crippen LogP) is 3.81. The van der Waals surface area contributed by atoms with Crippen molar-refractivity contribution in [1.29, 1.82) is 0 Å². The van der Waals surface area contributed by atoms with Crippen molar-refractivity contribution in [2.75, 3.05) is 7.11 Å². The zero-order chi connectivity index (χ0) is 15.5. The summed E-state index contributed by atoms with van der Waals surface area (Å²) in [7, 11) is 1.35. The van der Waals surface area contributed by atoms with Crippen LogP contribution in [-0.4, -0.2) is 17.9 Å². The van der Waals surface area contributed by atoms with Crippen molar-refractivity contribution in [2.45, 2.75) is 6.18 Å². The van der Waals surface area contributed by atoms with Crippen LogP contribution in [0.15, 0.2) is 53.7 Å². The first-order valence-corrected chi connectivity index (χ1v) is 6.00. The SMILES string of the molecule is CON=C(c1ccc(O)cc1)c1ccc(C(F)(F)F)cc1. The molecule has 6 heteroatoms. The van der Waals surface area contributed by atoms with Crippen molar-refractivity contribution < 1.29 is 23.1 Å². The molecule has 0 amide bonds. The number of hydrogen-bond acceptors (Lipinski definition) is 3. The Kier molecular flexibility index (Phi) is 4.16. The first kappa shape index (κ1) is 14.9. The number of halogens is 3. The Balaban J connectivity index is 2.40. The van der Waals surface area contributed by atoms with E-state index in [1.807, 2.05) is 0 Å². The van der Waals surface area contributed by atoms with Crippen molar-refractivity contribution in [3.8, 4) is 5.75 Å². The Labute approximate surface area is 119 Å². The average molecular weight is 295 g/mol. The Morgan fingerprint density at radius 1 is 0.952 bits per heavy atom. The zero-order valence-corrected chi connectivity index (χ0v) is 11.1. The second kappa shape index (κ2) is 5.87. The molecule has 0 saturated carbocycles. The first-order valence-electron chi connectivity index (χ1n) is 6.00. The second-order valence-electron chi connectivity index (χ2n) is 4.24. The molecular formula is C15H12F3NO2. The number of phenolic OH excluding ortho intramolecular Hbond substituents is 1. The fourth-order valence-electron chi connectivity index (χ4n) is 1.80. The minimum absolute atomic E-state index is 0.0861. The van der Waals surface area contributed by atoms with Gasteiger partial charge in [-0.1, -0.05) is 17.3 Å². The number of aromatic hydroxyl groups is 1. The summed E-state index contributed by atoms with van der Waals surface area (Å²) in [5, 5.41) is 13.1. The third-order valence-electron chi connectivity index (χ3n) is 2.81. The molecule has 110 valence electrons. The fraction of sp³-hybridized carbons (Fsp3) is 0.133. The van der Waals surface area contributed by atoms with E-state index in [4.69, 9.17) is 4.84 Å². The molecule has 0 radical (unpaired) electrons. The number of alkyl halides is 3. The van der Waals surface area contributed by atoms with Gasteiger partial charge >= 0.3 is 6.18 Å². The van der Waals surface area contributed by atoms with E-state index in [1.165, 1.54) is 31.4 Å². The number of hydrogen-bond donors (Lipinski definition) is 1. The number of phenols is 1. The maximum atomic E-state index is 12.6. The largest absolute Gasteiger partial charge is 0.508 e. The molecule has 0 saturated heterocycles. The van der Waals surface area contributed by atoms with Gasteiger partial charge in [0.05, 0.1) is 5.56 Å². The van der Waals surface area contributed by atoms with Crippen LogP contribution in [0.2, 0.25) is 0 Å². The molecule has 0 heterocycles. The van der Waals surface area contributed by atoms with Crippen LogP contribution >= 0.6 is 0 Å². The average Bonchev–Trinajstić information content (AvgIpc) is 2.45. The van der Waals surface area contributed by atoms with E-state index in [0.29, 0.717) is 16.8 Å². The van der Waals surface area contributed by atoms with Crippen molar-refractivity contribution in [2.24, 2.45) is 5.16 Å². The lowest BCUT2D eigenvalue weighted by Gasteiger charge is -2.09. The highest BCUT2D eigenvalue weighted by Crippen LogP contribution is 2.29. The van der Waals surface area contributed by atoms with Gasteiger partial charge in [-0.3, -0.25) is 0 Å². The van der Waals surface area contributed by atoms with Crippen LogP contribution in [0.3, 0.4) is 0 Å². The van der Waals surface area contributed by atoms with Crippen LogP contribution in [0.5, 0.6) is 5.75 Å². The molecule has 0 fully saturated rings. The van der Waals surface area contributed by atoms with Gasteiger partial charge in [-0.15, -0.1) is 0 Å². The van der Waals surface area contributed by atoms with Crippen molar-refractivity contribution in [3.05, 3.63) is 65.2 Å². The summed E-state index contributed by atoms with van der Waals surface area (Å²) < 4.78 is 37.7. The minimum Gasteiger partial charge on any atom is -0.508 e. The monoisotopic (exact) mass is 295 g/mol. The Hall–Kier alpha value is -2.50. The summed E-state index contributed by atoms with van der Waals surface area (Å²) >= 11 is 0. The summed E-state index contributed by atoms with van der Waals surface area (Å²) in [6, 6.07) is 10.8. The van der Waals surface area contributed by atoms with E-state index in [1.54, 1.807) is 12.1 Å². The summed E-state index contributed by atoms with van der Waals surface area (Å²) in [6.07, 6.45) is -4.38. The Bertz CT molecular complexity index is 631. The molecule has 0 aliphatic carbocycles. The summed E-state index contributed by atoms with van der Waals surface area (Å²) in [5.74, 6) is 0.0861. The molecule has 0 atom stereocenters. The number of rotatable bonds is 3. The van der Waals surface area contributed by atoms with Gasteiger partial charge in [-0.05, 0) is 36.4 Å². The predicted molar refractivity (Wildman–Crippen MR) is 72.2 cm³/mol. The first-order chi connectivity index (χ1) is 9.91. The molecule has 2 aromatic rings. The van der Waals surface area contributed by atoms with E-state index < -0.39 is 11.7 Å². The van der Waals surface area contributed by atoms with Gasteiger partial charge in [-0.2, -0.15) is 13.2 Å². The molecule has 0 aliphatic heterocycles. The van der Waals surface area contributed by atoms with Gasteiger partial charge in [0, 0.05) is 11.1 Å². The smallest absolute Gasteiger partial charge is 0.416 e. The van der Waals surface area contributed by atoms with Crippen LogP contribution in [-0.2, 0) is 11.0 Å². The molecule has 0 aliphatic rings. The lowest BCUT2D eigenvalue weighted by molar-refractivity contribution is -0.137. The highest BCUT2D eigenvalue weighted by atomic mass is 19.4. The van der Waals surface area contributed by atoms with Gasteiger partial charge < -0.3 is 9.94 Å². The molecular weight excluding hydrogens is 283 g/mol. The lowest BCUT2D eigenvalue weighted by Crippen LogP contribution is -2.07. The summed E-state index contributed by atoms with van der Waals surface area (Å²) in [4.78, 5) is 4.74. The van der Waals surface area contributed by atoms with Gasteiger partial charge in [0.1, 0.15) is 18.6 Å². The van der Waals surface area contributed by atoms with Gasteiger partial charge in [-0.25, -0.2) is 0 Å². The highest BCUT2D eigenvalue weighted by molar-refractivity contribution is 6.12. The van der Waals surface area contributed by atoms with Crippen molar-refractivity contribution in [1.82, 2.24) is 0 Å². The normalized spacial score (nSPS) is 12.3. The summed E-state index contributed by atoms with van der Waals surface area (Å²) in [5.41, 5.74) is 0.755. The van der Waals surface area contributed by atoms with Crippen molar-refractivity contribution in [3.63, 3.8) is 0 Å². The van der Waals surface area contributed by atoms with Crippen molar-refractivity contribution >= 4 is 5.71 Å². The molecule has 0 aromatic heterocycles. The van der Waals surface area contributed by atoms with Crippen LogP contribution in [0, 0.1) is 0 Å². The van der Waals surface area contributed by atoms with Crippen LogP contribution < -0.4 is 0 Å². The molecule has 1 N–H and O–H groups in total. The second-order valence-corrected chi connectivity index (χ2v) is 4.24. The topological polar surface area (TPSA) is 41.8 Å². The number of benzene rings is 2. The number of oxime groups is 1. The van der Waals surface area contributed by atoms with Crippen LogP contribution in [0.25, 0.3) is 0 Å². The van der Waals surface area contributed by atoms with Crippen LogP contribution in [0.1, 0.15) is 16.7 Å². The minimum atomic E-state index is -4.38. The van der Waals surface area contributed by atoms with Gasteiger partial charge in [0.2, 0.25) is 0 Å². The van der Waals surface area contributed by atoms with E-state index in [2.05, 4.69) is 5.16 Å². The molecule has 0 spiro atoms. The third-order valence-corrected chi connectivity index (χ3v) is 2.81. The van der Waals surface area contributed by atoms with Crippen LogP contribution in [0.4, 0.5) is 13.2 Å². The Morgan fingerprint density at radius 2 is 1.43 bits per heavy atom. The molecule has 2 aromatic carbocycles. The standard InChI is InChI=1S/C15H12F3NO2/c1-21-19-14(11-4-8-13(20)9-5-11)10-2-6-12(7-3-10)15(16,17)18/h2-9,20H,1H3. The molecule has 21 heavy (non-hydrogen) atoms. The van der Waals surface area contributed by atoms with E-state index >= 15 is 0 Å². The lowest BCUT2D eigenvalue weighted by atomic mass is 10.0. The molecule has 0 bridgehead atoms. The third kappa shape index (κ3) is 3.53. The van der Waals surface area contributed by atoms with E-state index in [0.717, 1.165) is 12.1 Å². The maximum Gasteiger partial charge on any atom is 0.416 e. The maximum absolute atomic E-state index is 12.6. The van der Waals surface area contributed by atoms with Gasteiger partial charge in [0.15, 0.2) is 0 Å². The number of nitrogens with zero attached hydrogens (tertiary/aromatic N) is 1. The van der Waals surface area contributed by atoms with E-state index in [-0.39, 0.29) is 5.75 Å². The fourth-order valence-corrected chi connectivity index (χ4v) is 1.80. The molecule has 3 nitrogen and oxygen atoms in total. The Morgan fingerprint density at radius 3 is 1.86 bits per heavy atom. The zero-order valence-electron chi connectivity index (χ0n) is 11.1. The highest BCUT2D eigenvalue weighted by Gasteiger charge is 2.30. The molecule has 0 unspecified atom stereocenters. The van der Waals surface area contributed by atoms with E-state index in [9.17, 15) is 18.3 Å². The summed E-state index contributed by atoms with van der Waals surface area (Å²) in [6.45, 7) is 0.